The molecule has 1 aliphatic rings. The molecule has 1 aromatic heterocycles. The van der Waals surface area contributed by atoms with Crippen LogP contribution in [0.3, 0.4) is 0 Å². The van der Waals surface area contributed by atoms with Crippen LogP contribution < -0.4 is 5.32 Å². The van der Waals surface area contributed by atoms with Crippen molar-refractivity contribution in [1.29, 1.82) is 0 Å². The van der Waals surface area contributed by atoms with Crippen molar-refractivity contribution < 1.29 is 4.74 Å². The van der Waals surface area contributed by atoms with Crippen LogP contribution in [0, 0.1) is 0 Å². The molecule has 1 aliphatic heterocycles. The van der Waals surface area contributed by atoms with Crippen molar-refractivity contribution in [1.82, 2.24) is 4.98 Å². The maximum Gasteiger partial charge on any atom is 0.130 e. The Hall–Kier alpha value is -2.46. The summed E-state index contributed by atoms with van der Waals surface area (Å²) in [5, 5.41) is 3.24. The van der Waals surface area contributed by atoms with E-state index >= 15 is 0 Å². The Labute approximate surface area is 124 Å². The standard InChI is InChI=1S/C17H17N3O/c1-2-6-15(7-3-1)20-17-9-8-16(12-19-17)18-11-14-5-4-10-21-13-14/h1-3,5-9,11-12H,4,10,13H2,(H,19,20). The fraction of sp³-hybridized carbons (Fsp3) is 0.176. The van der Waals surface area contributed by atoms with Gasteiger partial charge in [0.1, 0.15) is 5.82 Å². The number of anilines is 2. The SMILES string of the molecule is C(=Nc1ccc(Nc2ccccc2)nc1)C1=CCCOC1. The normalized spacial score (nSPS) is 15.0. The van der Waals surface area contributed by atoms with Gasteiger partial charge in [0, 0.05) is 11.9 Å². The van der Waals surface area contributed by atoms with E-state index < -0.39 is 0 Å². The van der Waals surface area contributed by atoms with Gasteiger partial charge >= 0.3 is 0 Å². The summed E-state index contributed by atoms with van der Waals surface area (Å²) in [4.78, 5) is 8.78. The zero-order valence-electron chi connectivity index (χ0n) is 11.7. The maximum absolute atomic E-state index is 5.37. The van der Waals surface area contributed by atoms with Gasteiger partial charge in [0.2, 0.25) is 0 Å². The summed E-state index contributed by atoms with van der Waals surface area (Å²) in [6.45, 7) is 1.45. The molecule has 3 rings (SSSR count). The van der Waals surface area contributed by atoms with Crippen molar-refractivity contribution in [3.63, 3.8) is 0 Å². The summed E-state index contributed by atoms with van der Waals surface area (Å²) >= 11 is 0. The van der Waals surface area contributed by atoms with Crippen LogP contribution in [0.4, 0.5) is 17.2 Å². The molecule has 0 aliphatic carbocycles. The van der Waals surface area contributed by atoms with Crippen LogP contribution in [0.25, 0.3) is 0 Å². The van der Waals surface area contributed by atoms with Gasteiger partial charge in [-0.15, -0.1) is 0 Å². The molecular formula is C17H17N3O. The summed E-state index contributed by atoms with van der Waals surface area (Å²) in [5.74, 6) is 0.806. The van der Waals surface area contributed by atoms with Gasteiger partial charge in [-0.3, -0.25) is 4.99 Å². The third kappa shape index (κ3) is 4.00. The Morgan fingerprint density at radius 1 is 1.14 bits per heavy atom. The molecular weight excluding hydrogens is 262 g/mol. The molecule has 0 radical (unpaired) electrons. The van der Waals surface area contributed by atoms with Gasteiger partial charge in [0.15, 0.2) is 0 Å². The number of para-hydroxylation sites is 1. The molecule has 1 N–H and O–H groups in total. The van der Waals surface area contributed by atoms with E-state index in [0.29, 0.717) is 6.61 Å². The van der Waals surface area contributed by atoms with E-state index in [0.717, 1.165) is 35.8 Å². The second-order valence-corrected chi connectivity index (χ2v) is 4.77. The molecule has 106 valence electrons. The molecule has 0 unspecified atom stereocenters. The number of aliphatic imine (C=N–C) groups is 1. The summed E-state index contributed by atoms with van der Waals surface area (Å²) in [6, 6.07) is 13.8. The highest BCUT2D eigenvalue weighted by atomic mass is 16.5. The molecule has 21 heavy (non-hydrogen) atoms. The zero-order chi connectivity index (χ0) is 14.3. The van der Waals surface area contributed by atoms with Gasteiger partial charge in [0.05, 0.1) is 25.1 Å². The Balaban J connectivity index is 1.64. The van der Waals surface area contributed by atoms with Crippen molar-refractivity contribution in [2.24, 2.45) is 4.99 Å². The highest BCUT2D eigenvalue weighted by molar-refractivity contribution is 5.81. The third-order valence-electron chi connectivity index (χ3n) is 3.11. The Bertz CT molecular complexity index is 633. The summed E-state index contributed by atoms with van der Waals surface area (Å²) in [6.07, 6.45) is 6.72. The first-order chi connectivity index (χ1) is 10.4. The molecule has 0 amide bonds. The lowest BCUT2D eigenvalue weighted by Gasteiger charge is -2.09. The highest BCUT2D eigenvalue weighted by Crippen LogP contribution is 2.17. The van der Waals surface area contributed by atoms with Crippen molar-refractivity contribution in [2.45, 2.75) is 6.42 Å². The Morgan fingerprint density at radius 3 is 2.76 bits per heavy atom. The average Bonchev–Trinajstić information content (AvgIpc) is 2.56. The molecule has 1 aromatic carbocycles. The predicted molar refractivity (Wildman–Crippen MR) is 85.6 cm³/mol. The van der Waals surface area contributed by atoms with Crippen LogP contribution >= 0.6 is 0 Å². The summed E-state index contributed by atoms with van der Waals surface area (Å²) in [5.41, 5.74) is 2.97. The van der Waals surface area contributed by atoms with Crippen molar-refractivity contribution in [2.75, 3.05) is 18.5 Å². The van der Waals surface area contributed by atoms with Gasteiger partial charge < -0.3 is 10.1 Å². The molecule has 0 fully saturated rings. The van der Waals surface area contributed by atoms with E-state index in [1.807, 2.05) is 48.7 Å². The molecule has 2 heterocycles. The van der Waals surface area contributed by atoms with Crippen molar-refractivity contribution in [3.05, 3.63) is 60.3 Å². The number of nitrogens with one attached hydrogen (secondary N) is 1. The number of aromatic nitrogens is 1. The molecule has 0 spiro atoms. The first kappa shape index (κ1) is 13.5. The van der Waals surface area contributed by atoms with Crippen LogP contribution in [-0.4, -0.2) is 24.4 Å². The quantitative estimate of drug-likeness (QED) is 0.864. The molecule has 0 bridgehead atoms. The number of hydrogen-bond acceptors (Lipinski definition) is 4. The van der Waals surface area contributed by atoms with Crippen LogP contribution in [0.15, 0.2) is 65.3 Å². The lowest BCUT2D eigenvalue weighted by atomic mass is 10.2. The molecule has 2 aromatic rings. The zero-order valence-corrected chi connectivity index (χ0v) is 11.7. The minimum absolute atomic E-state index is 0.643. The first-order valence-corrected chi connectivity index (χ1v) is 6.99. The Morgan fingerprint density at radius 2 is 2.05 bits per heavy atom. The summed E-state index contributed by atoms with van der Waals surface area (Å²) in [7, 11) is 0. The van der Waals surface area contributed by atoms with Gasteiger partial charge in [-0.2, -0.15) is 0 Å². The minimum atomic E-state index is 0.643. The minimum Gasteiger partial charge on any atom is -0.376 e. The second-order valence-electron chi connectivity index (χ2n) is 4.77. The maximum atomic E-state index is 5.37. The molecule has 0 saturated carbocycles. The fourth-order valence-electron chi connectivity index (χ4n) is 2.03. The number of benzene rings is 1. The van der Waals surface area contributed by atoms with Gasteiger partial charge in [0.25, 0.3) is 0 Å². The van der Waals surface area contributed by atoms with Crippen LogP contribution in [-0.2, 0) is 4.74 Å². The number of pyridine rings is 1. The summed E-state index contributed by atoms with van der Waals surface area (Å²) < 4.78 is 5.37. The number of rotatable bonds is 4. The van der Waals surface area contributed by atoms with Gasteiger partial charge in [-0.1, -0.05) is 24.3 Å². The van der Waals surface area contributed by atoms with Gasteiger partial charge in [-0.25, -0.2) is 4.98 Å². The van der Waals surface area contributed by atoms with E-state index in [9.17, 15) is 0 Å². The van der Waals surface area contributed by atoms with E-state index in [2.05, 4.69) is 21.4 Å². The number of ether oxygens (including phenoxy) is 1. The van der Waals surface area contributed by atoms with Crippen LogP contribution in [0.2, 0.25) is 0 Å². The second kappa shape index (κ2) is 6.81. The largest absolute Gasteiger partial charge is 0.376 e. The molecule has 4 nitrogen and oxygen atoms in total. The van der Waals surface area contributed by atoms with E-state index in [1.54, 1.807) is 6.20 Å². The lowest BCUT2D eigenvalue weighted by Crippen LogP contribution is -2.06. The van der Waals surface area contributed by atoms with Crippen LogP contribution in [0.1, 0.15) is 6.42 Å². The number of hydrogen-bond donors (Lipinski definition) is 1. The van der Waals surface area contributed by atoms with E-state index in [4.69, 9.17) is 4.74 Å². The van der Waals surface area contributed by atoms with Crippen LogP contribution in [0.5, 0.6) is 0 Å². The Kier molecular flexibility index (Phi) is 4.39. The predicted octanol–water partition coefficient (Wildman–Crippen LogP) is 3.87. The van der Waals surface area contributed by atoms with Gasteiger partial charge in [-0.05, 0) is 36.3 Å². The smallest absolute Gasteiger partial charge is 0.130 e. The average molecular weight is 279 g/mol. The monoisotopic (exact) mass is 279 g/mol. The van der Waals surface area contributed by atoms with E-state index in [-0.39, 0.29) is 0 Å². The molecule has 0 saturated heterocycles. The topological polar surface area (TPSA) is 46.5 Å². The molecule has 4 heteroatoms. The lowest BCUT2D eigenvalue weighted by molar-refractivity contribution is 0.155. The van der Waals surface area contributed by atoms with Crippen molar-refractivity contribution >= 4 is 23.4 Å². The first-order valence-electron chi connectivity index (χ1n) is 6.99. The number of nitrogens with zero attached hydrogens (tertiary/aromatic N) is 2. The van der Waals surface area contributed by atoms with E-state index in [1.165, 1.54) is 0 Å². The highest BCUT2D eigenvalue weighted by Gasteiger charge is 2.00. The third-order valence-corrected chi connectivity index (χ3v) is 3.11. The van der Waals surface area contributed by atoms with Crippen molar-refractivity contribution in [3.8, 4) is 0 Å². The molecule has 0 atom stereocenters. The fourth-order valence-corrected chi connectivity index (χ4v) is 2.03.